The van der Waals surface area contributed by atoms with Gasteiger partial charge in [-0.3, -0.25) is 19.7 Å². The lowest BCUT2D eigenvalue weighted by Crippen LogP contribution is -2.49. The molecule has 0 saturated heterocycles. The van der Waals surface area contributed by atoms with E-state index in [1.807, 2.05) is 30.3 Å². The Balaban J connectivity index is 1.58. The van der Waals surface area contributed by atoms with Crippen LogP contribution in [-0.2, 0) is 22.6 Å². The fraction of sp³-hybridized carbons (Fsp3) is 0.192. The van der Waals surface area contributed by atoms with Crippen LogP contribution in [0.5, 0.6) is 5.75 Å². The van der Waals surface area contributed by atoms with Crippen LogP contribution >= 0.6 is 0 Å². The van der Waals surface area contributed by atoms with Crippen LogP contribution in [0.4, 0.5) is 11.4 Å². The average Bonchev–Trinajstić information content (AvgIpc) is 3.40. The minimum absolute atomic E-state index is 0.0179. The zero-order valence-electron chi connectivity index (χ0n) is 20.3. The molecule has 4 aromatic rings. The van der Waals surface area contributed by atoms with Gasteiger partial charge in [0, 0.05) is 6.42 Å². The monoisotopic (exact) mass is 513 g/mol. The maximum absolute atomic E-state index is 13.9. The third kappa shape index (κ3) is 4.78. The maximum Gasteiger partial charge on any atom is 0.296 e. The van der Waals surface area contributed by atoms with Crippen molar-refractivity contribution in [1.29, 1.82) is 0 Å². The number of nitro groups is 1. The molecule has 2 amide bonds. The van der Waals surface area contributed by atoms with Gasteiger partial charge < -0.3 is 15.0 Å². The van der Waals surface area contributed by atoms with Crippen molar-refractivity contribution in [3.8, 4) is 5.75 Å². The van der Waals surface area contributed by atoms with Crippen LogP contribution in [0.2, 0.25) is 0 Å². The first kappa shape index (κ1) is 24.6. The normalized spacial score (nSPS) is 15.4. The summed E-state index contributed by atoms with van der Waals surface area (Å²) in [7, 11) is 1.39. The van der Waals surface area contributed by atoms with Crippen molar-refractivity contribution >= 4 is 23.2 Å². The van der Waals surface area contributed by atoms with E-state index >= 15 is 0 Å². The van der Waals surface area contributed by atoms with E-state index in [9.17, 15) is 19.7 Å². The molecule has 1 aromatic heterocycles. The summed E-state index contributed by atoms with van der Waals surface area (Å²) in [6.45, 7) is -0.146. The van der Waals surface area contributed by atoms with Gasteiger partial charge >= 0.3 is 0 Å². The van der Waals surface area contributed by atoms with Gasteiger partial charge in [-0.1, -0.05) is 60.7 Å². The van der Waals surface area contributed by atoms with Gasteiger partial charge in [0.2, 0.25) is 5.91 Å². The smallest absolute Gasteiger partial charge is 0.296 e. The number of benzene rings is 3. The number of rotatable bonds is 8. The minimum Gasteiger partial charge on any atom is -0.496 e. The first-order chi connectivity index (χ1) is 18.5. The Morgan fingerprint density at radius 1 is 1.13 bits per heavy atom. The summed E-state index contributed by atoms with van der Waals surface area (Å²) in [4.78, 5) is 40.1. The molecule has 0 fully saturated rings. The first-order valence-electron chi connectivity index (χ1n) is 11.8. The molecule has 2 heterocycles. The third-order valence-corrected chi connectivity index (χ3v) is 6.34. The second-order valence-corrected chi connectivity index (χ2v) is 8.64. The number of carbonyl (C=O) groups excluding carboxylic acids is 2. The average molecular weight is 514 g/mol. The predicted molar refractivity (Wildman–Crippen MR) is 135 cm³/mol. The van der Waals surface area contributed by atoms with E-state index in [1.54, 1.807) is 30.3 Å². The van der Waals surface area contributed by atoms with Crippen molar-refractivity contribution < 1.29 is 19.2 Å². The zero-order valence-corrected chi connectivity index (χ0v) is 20.3. The standard InChI is InChI=1S/C26H23N7O5/c1-38-19-12-13-20(21(15-19)33(36)37)27-26(35)24(18-10-6-3-7-11-18)32-22(14-17-8-4-2-5-9-17)25-28-29-30-31(25)16-23(32)34/h2-13,15,22,24H,14,16H2,1H3,(H,27,35). The van der Waals surface area contributed by atoms with Crippen LogP contribution in [0.15, 0.2) is 78.9 Å². The molecule has 0 radical (unpaired) electrons. The number of nitrogens with zero attached hydrogens (tertiary/aromatic N) is 6. The number of fused-ring (bicyclic) bond motifs is 1. The molecular weight excluding hydrogens is 490 g/mol. The number of carbonyl (C=O) groups is 2. The molecule has 0 spiro atoms. The number of nitrogens with one attached hydrogen (secondary N) is 1. The van der Waals surface area contributed by atoms with Crippen LogP contribution in [0.3, 0.4) is 0 Å². The van der Waals surface area contributed by atoms with Crippen molar-refractivity contribution in [3.63, 3.8) is 0 Å². The van der Waals surface area contributed by atoms with Crippen molar-refractivity contribution in [2.75, 3.05) is 12.4 Å². The van der Waals surface area contributed by atoms with E-state index in [0.717, 1.165) is 5.56 Å². The Hall–Kier alpha value is -5.13. The zero-order chi connectivity index (χ0) is 26.6. The molecule has 2 atom stereocenters. The van der Waals surface area contributed by atoms with Crippen molar-refractivity contribution in [2.24, 2.45) is 0 Å². The van der Waals surface area contributed by atoms with Gasteiger partial charge in [0.25, 0.3) is 11.6 Å². The van der Waals surface area contributed by atoms with Gasteiger partial charge in [-0.25, -0.2) is 4.68 Å². The topological polar surface area (TPSA) is 145 Å². The van der Waals surface area contributed by atoms with E-state index < -0.39 is 22.9 Å². The lowest BCUT2D eigenvalue weighted by Gasteiger charge is -2.39. The van der Waals surface area contributed by atoms with Gasteiger partial charge in [0.15, 0.2) is 5.82 Å². The van der Waals surface area contributed by atoms with Crippen LogP contribution < -0.4 is 10.1 Å². The van der Waals surface area contributed by atoms with Crippen LogP contribution in [0.25, 0.3) is 0 Å². The fourth-order valence-corrected chi connectivity index (χ4v) is 4.59. The van der Waals surface area contributed by atoms with E-state index in [-0.39, 0.29) is 29.6 Å². The molecule has 12 nitrogen and oxygen atoms in total. The number of methoxy groups -OCH3 is 1. The van der Waals surface area contributed by atoms with Gasteiger partial charge in [-0.05, 0) is 33.7 Å². The Bertz CT molecular complexity index is 1480. The summed E-state index contributed by atoms with van der Waals surface area (Å²) in [5.74, 6) is -0.261. The van der Waals surface area contributed by atoms with Gasteiger partial charge in [0.1, 0.15) is 24.0 Å². The Morgan fingerprint density at radius 2 is 1.84 bits per heavy atom. The number of hydrogen-bond donors (Lipinski definition) is 1. The van der Waals surface area contributed by atoms with E-state index in [0.29, 0.717) is 17.8 Å². The summed E-state index contributed by atoms with van der Waals surface area (Å²) in [5.41, 5.74) is 1.10. The third-order valence-electron chi connectivity index (χ3n) is 6.34. The molecule has 12 heteroatoms. The fourth-order valence-electron chi connectivity index (χ4n) is 4.59. The number of hydrogen-bond acceptors (Lipinski definition) is 8. The van der Waals surface area contributed by atoms with E-state index in [1.165, 1.54) is 34.9 Å². The Kier molecular flexibility index (Phi) is 6.76. The van der Waals surface area contributed by atoms with Gasteiger partial charge in [-0.2, -0.15) is 0 Å². The molecule has 0 bridgehead atoms. The second kappa shape index (κ2) is 10.5. The highest BCUT2D eigenvalue weighted by Gasteiger charge is 2.43. The number of ether oxygens (including phenoxy) is 1. The van der Waals surface area contributed by atoms with Crippen molar-refractivity contribution in [3.05, 3.63) is 106 Å². The van der Waals surface area contributed by atoms with Crippen molar-refractivity contribution in [1.82, 2.24) is 25.1 Å². The number of anilines is 1. The molecule has 0 saturated carbocycles. The molecule has 0 aliphatic carbocycles. The molecular formula is C26H23N7O5. The summed E-state index contributed by atoms with van der Waals surface area (Å²) >= 11 is 0. The SMILES string of the molecule is COc1ccc(NC(=O)C(c2ccccc2)N2C(=O)Cn3nnnc3C2Cc2ccccc2)c([N+](=O)[O-])c1. The molecule has 2 unspecified atom stereocenters. The van der Waals surface area contributed by atoms with Crippen molar-refractivity contribution in [2.45, 2.75) is 25.0 Å². The predicted octanol–water partition coefficient (Wildman–Crippen LogP) is 3.10. The molecule has 3 aromatic carbocycles. The highest BCUT2D eigenvalue weighted by atomic mass is 16.6. The molecule has 1 N–H and O–H groups in total. The number of tetrazole rings is 1. The summed E-state index contributed by atoms with van der Waals surface area (Å²) in [5, 5.41) is 26.3. The van der Waals surface area contributed by atoms with Crippen LogP contribution in [-0.4, -0.2) is 49.0 Å². The largest absolute Gasteiger partial charge is 0.496 e. The summed E-state index contributed by atoms with van der Waals surface area (Å²) in [6, 6.07) is 20.6. The molecule has 192 valence electrons. The lowest BCUT2D eigenvalue weighted by atomic mass is 9.96. The lowest BCUT2D eigenvalue weighted by molar-refractivity contribution is -0.384. The van der Waals surface area contributed by atoms with E-state index in [2.05, 4.69) is 20.8 Å². The number of aromatic nitrogens is 4. The highest BCUT2D eigenvalue weighted by Crippen LogP contribution is 2.37. The molecule has 38 heavy (non-hydrogen) atoms. The number of nitro benzene ring substituents is 1. The maximum atomic E-state index is 13.9. The quantitative estimate of drug-likeness (QED) is 0.279. The van der Waals surface area contributed by atoms with Crippen LogP contribution in [0.1, 0.15) is 29.0 Å². The highest BCUT2D eigenvalue weighted by molar-refractivity contribution is 5.99. The summed E-state index contributed by atoms with van der Waals surface area (Å²) in [6.07, 6.45) is 0.353. The Morgan fingerprint density at radius 3 is 2.53 bits per heavy atom. The van der Waals surface area contributed by atoms with Gasteiger partial charge in [-0.15, -0.1) is 5.10 Å². The second-order valence-electron chi connectivity index (χ2n) is 8.64. The molecule has 1 aliphatic rings. The Labute approximate surface area is 217 Å². The number of amides is 2. The molecule has 1 aliphatic heterocycles. The minimum atomic E-state index is -1.12. The first-order valence-corrected chi connectivity index (χ1v) is 11.8. The van der Waals surface area contributed by atoms with E-state index in [4.69, 9.17) is 4.74 Å². The molecule has 5 rings (SSSR count). The van der Waals surface area contributed by atoms with Crippen LogP contribution in [0, 0.1) is 10.1 Å². The van der Waals surface area contributed by atoms with Gasteiger partial charge in [0.05, 0.1) is 24.1 Å². The summed E-state index contributed by atoms with van der Waals surface area (Å²) < 4.78 is 6.53.